The Bertz CT molecular complexity index is 1130. The fourth-order valence-electron chi connectivity index (χ4n) is 5.72. The molecule has 6 nitrogen and oxygen atoms in total. The second-order valence-corrected chi connectivity index (χ2v) is 8.63. The number of hydrogen-bond donors (Lipinski definition) is 2. The van der Waals surface area contributed by atoms with E-state index in [9.17, 15) is 4.79 Å². The molecule has 2 spiro atoms. The van der Waals surface area contributed by atoms with Gasteiger partial charge < -0.3 is 20.2 Å². The van der Waals surface area contributed by atoms with Gasteiger partial charge in [0.05, 0.1) is 8.85 Å². The van der Waals surface area contributed by atoms with Crippen LogP contribution >= 0.6 is 0 Å². The van der Waals surface area contributed by atoms with Gasteiger partial charge in [0.15, 0.2) is 0 Å². The largest absolute Gasteiger partial charge is 0.462 e. The Balaban J connectivity index is 1.70. The van der Waals surface area contributed by atoms with Crippen LogP contribution in [0.2, 0.25) is 0 Å². The van der Waals surface area contributed by atoms with Crippen LogP contribution in [-0.2, 0) is 21.4 Å². The molecule has 0 saturated heterocycles. The van der Waals surface area contributed by atoms with E-state index < -0.39 is 17.5 Å². The van der Waals surface area contributed by atoms with Gasteiger partial charge in [-0.1, -0.05) is 19.1 Å². The van der Waals surface area contributed by atoms with Crippen molar-refractivity contribution in [1.29, 1.82) is 0 Å². The molecule has 1 aromatic carbocycles. The average molecular weight is 395 g/mol. The number of nitrogens with two attached hydrogens (primary N) is 1. The topological polar surface area (TPSA) is 89.7 Å². The first kappa shape index (κ1) is 16.2. The number of rotatable bonds is 2. The highest BCUT2D eigenvalue weighted by atomic mass is 16.5. The summed E-state index contributed by atoms with van der Waals surface area (Å²) in [5.74, 6) is 0.255. The first-order valence-corrected chi connectivity index (χ1v) is 10.1. The van der Waals surface area contributed by atoms with Gasteiger partial charge in [0.25, 0.3) is 6.02 Å². The van der Waals surface area contributed by atoms with Gasteiger partial charge in [-0.15, -0.1) is 0 Å². The third-order valence-electron chi connectivity index (χ3n) is 7.04. The van der Waals surface area contributed by atoms with E-state index in [0.29, 0.717) is 6.42 Å². The number of amidine groups is 1. The molecule has 3 aliphatic rings. The first-order chi connectivity index (χ1) is 14.7. The van der Waals surface area contributed by atoms with Crippen molar-refractivity contribution >= 4 is 6.02 Å². The predicted octanol–water partition coefficient (Wildman–Crippen LogP) is 2.96. The van der Waals surface area contributed by atoms with Crippen LogP contribution < -0.4 is 11.3 Å². The molecule has 2 aliphatic carbocycles. The van der Waals surface area contributed by atoms with Crippen LogP contribution in [0.15, 0.2) is 46.3 Å². The average Bonchev–Trinajstić information content (AvgIpc) is 3.12. The third kappa shape index (κ3) is 2.65. The predicted molar refractivity (Wildman–Crippen MR) is 112 cm³/mol. The molecular formula is C23H27N3O3. The minimum absolute atomic E-state index is 0.111. The Morgan fingerprint density at radius 3 is 2.86 bits per heavy atom. The van der Waals surface area contributed by atoms with Crippen molar-refractivity contribution in [3.05, 3.63) is 58.0 Å². The van der Waals surface area contributed by atoms with E-state index >= 15 is 0 Å². The van der Waals surface area contributed by atoms with Gasteiger partial charge in [0.2, 0.25) is 5.56 Å². The van der Waals surface area contributed by atoms with Crippen LogP contribution in [0.25, 0.3) is 11.1 Å². The zero-order chi connectivity index (χ0) is 22.0. The third-order valence-corrected chi connectivity index (χ3v) is 7.04. The number of methoxy groups -OCH3 is 1. The number of aromatic amines is 1. The van der Waals surface area contributed by atoms with Gasteiger partial charge >= 0.3 is 0 Å². The number of fused-ring (bicyclic) bond motifs is 3. The van der Waals surface area contributed by atoms with Crippen LogP contribution in [0.5, 0.6) is 0 Å². The number of pyridine rings is 1. The highest BCUT2D eigenvalue weighted by Crippen LogP contribution is 2.62. The molecule has 0 amide bonds. The maximum atomic E-state index is 11.8. The summed E-state index contributed by atoms with van der Waals surface area (Å²) in [4.78, 5) is 19.2. The normalized spacial score (nSPS) is 35.7. The number of nitrogens with zero attached hydrogens (tertiary/aromatic N) is 1. The van der Waals surface area contributed by atoms with Crippen molar-refractivity contribution in [2.75, 3.05) is 13.7 Å². The number of nitrogens with one attached hydrogen (secondary N) is 1. The van der Waals surface area contributed by atoms with Crippen molar-refractivity contribution < 1.29 is 12.2 Å². The van der Waals surface area contributed by atoms with E-state index in [1.54, 1.807) is 19.4 Å². The van der Waals surface area contributed by atoms with E-state index in [4.69, 9.17) is 22.9 Å². The minimum atomic E-state index is -2.07. The van der Waals surface area contributed by atoms with Crippen molar-refractivity contribution in [3.63, 3.8) is 0 Å². The van der Waals surface area contributed by atoms with Crippen LogP contribution in [-0.4, -0.2) is 30.8 Å². The van der Waals surface area contributed by atoms with Gasteiger partial charge in [-0.2, -0.15) is 0 Å². The summed E-state index contributed by atoms with van der Waals surface area (Å²) >= 11 is 0. The molecule has 152 valence electrons. The molecule has 4 atom stereocenters. The summed E-state index contributed by atoms with van der Waals surface area (Å²) in [5.41, 5.74) is 7.59. The lowest BCUT2D eigenvalue weighted by Crippen LogP contribution is -2.48. The Morgan fingerprint density at radius 2 is 2.17 bits per heavy atom. The number of H-pyrrole nitrogens is 1. The molecule has 1 fully saturated rings. The second kappa shape index (κ2) is 6.46. The maximum absolute atomic E-state index is 11.8. The van der Waals surface area contributed by atoms with E-state index in [0.717, 1.165) is 41.5 Å². The summed E-state index contributed by atoms with van der Waals surface area (Å²) in [6.45, 7) is 0.0840. The molecule has 0 radical (unpaired) electrons. The molecule has 2 heterocycles. The van der Waals surface area contributed by atoms with Crippen LogP contribution in [0, 0.1) is 11.3 Å². The Hall–Kier alpha value is -2.60. The van der Waals surface area contributed by atoms with Gasteiger partial charge in [-0.3, -0.25) is 4.79 Å². The van der Waals surface area contributed by atoms with E-state index in [2.05, 4.69) is 11.9 Å². The van der Waals surface area contributed by atoms with E-state index in [1.165, 1.54) is 0 Å². The zero-order valence-corrected chi connectivity index (χ0v) is 16.7. The van der Waals surface area contributed by atoms with Crippen LogP contribution in [0.3, 0.4) is 0 Å². The lowest BCUT2D eigenvalue weighted by Gasteiger charge is -2.47. The van der Waals surface area contributed by atoms with E-state index in [-0.39, 0.29) is 23.6 Å². The lowest BCUT2D eigenvalue weighted by molar-refractivity contribution is -0.0445. The summed E-state index contributed by atoms with van der Waals surface area (Å²) in [6.07, 6.45) is 4.83. The zero-order valence-electron chi connectivity index (χ0n) is 18.7. The number of aliphatic imine (C=N–C) groups is 1. The standard InChI is InChI=1S/C23H27N3O3/c1-14-11-22(7-5-19(14)28-2)12-17-4-3-15(16-6-8-25-20(27)10-16)9-18(17)23(22)13-29-21(24)26-23/h3-4,6,8-10,14,19H,5,7,11-13H2,1-2H3,(H2,24,26)(H,25,27)/t14-,19-,22-,23?/m0/s1/i13D2. The molecule has 3 N–H and O–H groups in total. The number of hydrogen-bond acceptors (Lipinski definition) is 5. The number of ether oxygens (including phenoxy) is 2. The smallest absolute Gasteiger partial charge is 0.283 e. The molecule has 1 aromatic heterocycles. The summed E-state index contributed by atoms with van der Waals surface area (Å²) in [7, 11) is 1.74. The van der Waals surface area contributed by atoms with Crippen molar-refractivity contribution in [2.24, 2.45) is 22.1 Å². The highest BCUT2D eigenvalue weighted by Gasteiger charge is 2.62. The van der Waals surface area contributed by atoms with E-state index in [1.807, 2.05) is 24.3 Å². The van der Waals surface area contributed by atoms with Gasteiger partial charge in [0, 0.05) is 24.8 Å². The molecule has 5 rings (SSSR count). The minimum Gasteiger partial charge on any atom is -0.462 e. The summed E-state index contributed by atoms with van der Waals surface area (Å²) in [5, 5.41) is 0. The Morgan fingerprint density at radius 1 is 1.34 bits per heavy atom. The molecule has 0 bridgehead atoms. The molecule has 1 aliphatic heterocycles. The Labute approximate surface area is 173 Å². The van der Waals surface area contributed by atoms with Gasteiger partial charge in [-0.25, -0.2) is 4.99 Å². The number of benzene rings is 1. The van der Waals surface area contributed by atoms with Crippen molar-refractivity contribution in [2.45, 2.75) is 44.2 Å². The fraction of sp³-hybridized carbons (Fsp3) is 0.478. The molecule has 29 heavy (non-hydrogen) atoms. The van der Waals surface area contributed by atoms with Crippen LogP contribution in [0.4, 0.5) is 0 Å². The quantitative estimate of drug-likeness (QED) is 0.818. The molecular weight excluding hydrogens is 366 g/mol. The maximum Gasteiger partial charge on any atom is 0.283 e. The fourth-order valence-corrected chi connectivity index (χ4v) is 5.72. The highest BCUT2D eigenvalue weighted by molar-refractivity contribution is 5.76. The van der Waals surface area contributed by atoms with Crippen molar-refractivity contribution in [3.8, 4) is 11.1 Å². The van der Waals surface area contributed by atoms with Gasteiger partial charge in [-0.05, 0) is 66.0 Å². The molecule has 2 aromatic rings. The summed E-state index contributed by atoms with van der Waals surface area (Å²) in [6, 6.07) is 9.26. The molecule has 1 unspecified atom stereocenters. The van der Waals surface area contributed by atoms with Crippen molar-refractivity contribution in [1.82, 2.24) is 4.98 Å². The monoisotopic (exact) mass is 395 g/mol. The first-order valence-electron chi connectivity index (χ1n) is 11.1. The SMILES string of the molecule is [2H]C1([2H])OC(N)=NC12c1cc(-c3cc[nH]c(=O)c3)ccc1C[C@@]21CC[C@H](OC)[C@@H](C)C1. The molecule has 1 saturated carbocycles. The van der Waals surface area contributed by atoms with Gasteiger partial charge in [0.1, 0.15) is 12.1 Å². The second-order valence-electron chi connectivity index (χ2n) is 8.63. The number of aromatic nitrogens is 1. The Kier molecular flexibility index (Phi) is 3.61. The van der Waals surface area contributed by atoms with Crippen LogP contribution in [0.1, 0.15) is 40.1 Å². The molecule has 6 heteroatoms. The lowest BCUT2D eigenvalue weighted by atomic mass is 9.59. The summed E-state index contributed by atoms with van der Waals surface area (Å²) < 4.78 is 29.0.